The van der Waals surface area contributed by atoms with Crippen molar-refractivity contribution in [2.45, 2.75) is 51.2 Å². The molecule has 1 aromatic heterocycles. The number of nitrogens with zero attached hydrogens (tertiary/aromatic N) is 2. The molecular weight excluding hydrogens is 501 g/mol. The molecule has 36 heavy (non-hydrogen) atoms. The van der Waals surface area contributed by atoms with Crippen molar-refractivity contribution < 1.29 is 18.8 Å². The predicted octanol–water partition coefficient (Wildman–Crippen LogP) is 6.75. The van der Waals surface area contributed by atoms with E-state index in [0.717, 1.165) is 41.6 Å². The fraction of sp³-hybridized carbons (Fsp3) is 0.407. The molecule has 0 bridgehead atoms. The minimum atomic E-state index is -0.216. The van der Waals surface area contributed by atoms with Crippen LogP contribution in [0.25, 0.3) is 0 Å². The number of ether oxygens (including phenoxy) is 2. The maximum Gasteiger partial charge on any atom is 0.324 e. The standard InChI is InChI=1S/C27H29Cl2N3O4/c1-17-18(2)31-36-25(17)30-26(33)32-11-9-27(10-12-32)14-21(16-35-27)19-7-8-24(23(29)13-19)34-15-20-5-3-4-6-22(20)28/h3-8,13,21H,9-12,14-16H2,1-2H3,(H,30,33). The van der Waals surface area contributed by atoms with Crippen LogP contribution in [0.2, 0.25) is 10.0 Å². The van der Waals surface area contributed by atoms with Gasteiger partial charge in [-0.05, 0) is 56.9 Å². The van der Waals surface area contributed by atoms with Gasteiger partial charge in [0.15, 0.2) is 0 Å². The Morgan fingerprint density at radius 1 is 1.17 bits per heavy atom. The Balaban J connectivity index is 1.16. The highest BCUT2D eigenvalue weighted by atomic mass is 35.5. The van der Waals surface area contributed by atoms with Crippen molar-refractivity contribution in [2.75, 3.05) is 25.0 Å². The van der Waals surface area contributed by atoms with Gasteiger partial charge in [0.1, 0.15) is 12.4 Å². The highest BCUT2D eigenvalue weighted by Gasteiger charge is 2.44. The second kappa shape index (κ2) is 10.3. The molecule has 7 nitrogen and oxygen atoms in total. The summed E-state index contributed by atoms with van der Waals surface area (Å²) in [5.41, 5.74) is 3.45. The van der Waals surface area contributed by atoms with Crippen LogP contribution in [0.1, 0.15) is 47.6 Å². The van der Waals surface area contributed by atoms with Gasteiger partial charge in [-0.1, -0.05) is 52.6 Å². The summed E-state index contributed by atoms with van der Waals surface area (Å²) in [6, 6.07) is 13.4. The van der Waals surface area contributed by atoms with Crippen molar-refractivity contribution >= 4 is 35.1 Å². The maximum absolute atomic E-state index is 12.7. The average Bonchev–Trinajstić information content (AvgIpc) is 3.43. The van der Waals surface area contributed by atoms with Crippen LogP contribution in [0.3, 0.4) is 0 Å². The van der Waals surface area contributed by atoms with Crippen LogP contribution < -0.4 is 10.1 Å². The lowest BCUT2D eigenvalue weighted by Gasteiger charge is -2.38. The van der Waals surface area contributed by atoms with Crippen molar-refractivity contribution in [1.29, 1.82) is 0 Å². The van der Waals surface area contributed by atoms with Crippen LogP contribution in [0, 0.1) is 13.8 Å². The van der Waals surface area contributed by atoms with E-state index in [1.807, 2.05) is 50.2 Å². The molecule has 2 amide bonds. The van der Waals surface area contributed by atoms with E-state index in [4.69, 9.17) is 37.2 Å². The first-order chi connectivity index (χ1) is 17.3. The lowest BCUT2D eigenvalue weighted by Crippen LogP contribution is -2.47. The minimum absolute atomic E-state index is 0.169. The van der Waals surface area contributed by atoms with Crippen LogP contribution in [0.15, 0.2) is 47.0 Å². The number of halogens is 2. The molecule has 2 aromatic carbocycles. The zero-order chi connectivity index (χ0) is 25.3. The zero-order valence-corrected chi connectivity index (χ0v) is 21.9. The van der Waals surface area contributed by atoms with Gasteiger partial charge in [0.2, 0.25) is 5.88 Å². The Bertz CT molecular complexity index is 1250. The SMILES string of the molecule is Cc1noc(NC(=O)N2CCC3(CC2)CC(c2ccc(OCc4ccccc4Cl)c(Cl)c2)CO3)c1C. The fourth-order valence-corrected chi connectivity index (χ4v) is 5.33. The van der Waals surface area contributed by atoms with Gasteiger partial charge in [-0.15, -0.1) is 0 Å². The van der Waals surface area contributed by atoms with E-state index in [-0.39, 0.29) is 17.6 Å². The van der Waals surface area contributed by atoms with E-state index in [2.05, 4.69) is 16.5 Å². The highest BCUT2D eigenvalue weighted by molar-refractivity contribution is 6.32. The van der Waals surface area contributed by atoms with Crippen molar-refractivity contribution in [2.24, 2.45) is 0 Å². The molecule has 5 rings (SSSR count). The summed E-state index contributed by atoms with van der Waals surface area (Å²) in [4.78, 5) is 14.5. The van der Waals surface area contributed by atoms with Crippen LogP contribution >= 0.6 is 23.2 Å². The van der Waals surface area contributed by atoms with Gasteiger partial charge in [0.05, 0.1) is 22.9 Å². The number of carbonyl (C=O) groups excluding carboxylic acids is 1. The van der Waals surface area contributed by atoms with Gasteiger partial charge >= 0.3 is 6.03 Å². The molecule has 1 N–H and O–H groups in total. The number of benzene rings is 2. The number of hydrogen-bond acceptors (Lipinski definition) is 5. The number of amides is 2. The second-order valence-corrected chi connectivity index (χ2v) is 10.4. The summed E-state index contributed by atoms with van der Waals surface area (Å²) < 4.78 is 17.5. The zero-order valence-electron chi connectivity index (χ0n) is 20.4. The number of carbonyl (C=O) groups is 1. The third-order valence-corrected chi connectivity index (χ3v) is 7.98. The molecular formula is C27H29Cl2N3O4. The maximum atomic E-state index is 12.7. The van der Waals surface area contributed by atoms with E-state index < -0.39 is 0 Å². The van der Waals surface area contributed by atoms with Gasteiger partial charge in [0, 0.05) is 35.2 Å². The molecule has 3 aromatic rings. The number of anilines is 1. The largest absolute Gasteiger partial charge is 0.487 e. The molecule has 2 aliphatic rings. The lowest BCUT2D eigenvalue weighted by atomic mass is 9.83. The van der Waals surface area contributed by atoms with E-state index in [1.54, 1.807) is 4.90 Å². The molecule has 190 valence electrons. The normalized spacial score (nSPS) is 19.0. The van der Waals surface area contributed by atoms with Gasteiger partial charge in [0.25, 0.3) is 0 Å². The Morgan fingerprint density at radius 3 is 2.64 bits per heavy atom. The first-order valence-electron chi connectivity index (χ1n) is 12.1. The summed E-state index contributed by atoms with van der Waals surface area (Å²) in [5, 5.41) is 7.98. The Labute approximate surface area is 220 Å². The number of nitrogens with one attached hydrogen (secondary N) is 1. The number of aromatic nitrogens is 1. The molecule has 9 heteroatoms. The number of likely N-dealkylation sites (tertiary alicyclic amines) is 1. The number of piperidine rings is 1. The third kappa shape index (κ3) is 5.19. The second-order valence-electron chi connectivity index (χ2n) is 9.60. The van der Waals surface area contributed by atoms with E-state index in [9.17, 15) is 4.79 Å². The van der Waals surface area contributed by atoms with Crippen LogP contribution in [-0.2, 0) is 11.3 Å². The molecule has 1 unspecified atom stereocenters. The lowest BCUT2D eigenvalue weighted by molar-refractivity contribution is -0.0355. The smallest absolute Gasteiger partial charge is 0.324 e. The Kier molecular flexibility index (Phi) is 7.15. The molecule has 0 saturated carbocycles. The minimum Gasteiger partial charge on any atom is -0.487 e. The van der Waals surface area contributed by atoms with Crippen LogP contribution in [0.5, 0.6) is 5.75 Å². The van der Waals surface area contributed by atoms with Gasteiger partial charge in [-0.2, -0.15) is 0 Å². The van der Waals surface area contributed by atoms with E-state index >= 15 is 0 Å². The number of hydrogen-bond donors (Lipinski definition) is 1. The molecule has 2 aliphatic heterocycles. The average molecular weight is 530 g/mol. The van der Waals surface area contributed by atoms with Crippen molar-refractivity contribution in [3.05, 3.63) is 74.9 Å². The van der Waals surface area contributed by atoms with Crippen molar-refractivity contribution in [3.63, 3.8) is 0 Å². The van der Waals surface area contributed by atoms with E-state index in [1.165, 1.54) is 0 Å². The van der Waals surface area contributed by atoms with Crippen LogP contribution in [-0.4, -0.2) is 41.4 Å². The number of rotatable bonds is 5. The van der Waals surface area contributed by atoms with E-state index in [0.29, 0.717) is 48.0 Å². The quantitative estimate of drug-likeness (QED) is 0.395. The monoisotopic (exact) mass is 529 g/mol. The summed E-state index contributed by atoms with van der Waals surface area (Å²) in [6.07, 6.45) is 2.48. The summed E-state index contributed by atoms with van der Waals surface area (Å²) >= 11 is 12.8. The van der Waals surface area contributed by atoms with Gasteiger partial charge in [-0.3, -0.25) is 5.32 Å². The first-order valence-corrected chi connectivity index (χ1v) is 12.9. The predicted molar refractivity (Wildman–Crippen MR) is 139 cm³/mol. The molecule has 0 radical (unpaired) electrons. The van der Waals surface area contributed by atoms with Crippen LogP contribution in [0.4, 0.5) is 10.7 Å². The Morgan fingerprint density at radius 2 is 1.94 bits per heavy atom. The fourth-order valence-electron chi connectivity index (χ4n) is 4.89. The molecule has 3 heterocycles. The van der Waals surface area contributed by atoms with Crippen molar-refractivity contribution in [1.82, 2.24) is 10.1 Å². The molecule has 1 atom stereocenters. The third-order valence-electron chi connectivity index (χ3n) is 7.32. The van der Waals surface area contributed by atoms with Crippen molar-refractivity contribution in [3.8, 4) is 5.75 Å². The Hall–Kier alpha value is -2.74. The molecule has 0 aliphatic carbocycles. The summed E-state index contributed by atoms with van der Waals surface area (Å²) in [7, 11) is 0. The van der Waals surface area contributed by atoms with Gasteiger partial charge < -0.3 is 18.9 Å². The molecule has 1 spiro atoms. The number of aryl methyl sites for hydroxylation is 1. The molecule has 2 fully saturated rings. The first kappa shape index (κ1) is 24.9. The topological polar surface area (TPSA) is 76.8 Å². The number of urea groups is 1. The van der Waals surface area contributed by atoms with Gasteiger partial charge in [-0.25, -0.2) is 4.79 Å². The summed E-state index contributed by atoms with van der Waals surface area (Å²) in [6.45, 7) is 5.97. The molecule has 2 saturated heterocycles. The highest BCUT2D eigenvalue weighted by Crippen LogP contribution is 2.44. The summed E-state index contributed by atoms with van der Waals surface area (Å²) in [5.74, 6) is 1.29.